The minimum Gasteiger partial charge on any atom is -0.467 e. The third-order valence-corrected chi connectivity index (χ3v) is 4.62. The van der Waals surface area contributed by atoms with Crippen molar-refractivity contribution in [3.05, 3.63) is 71.9 Å². The second-order valence-electron chi connectivity index (χ2n) is 6.66. The molecule has 3 aromatic rings. The van der Waals surface area contributed by atoms with Crippen LogP contribution >= 0.6 is 0 Å². The van der Waals surface area contributed by atoms with Crippen molar-refractivity contribution in [3.63, 3.8) is 0 Å². The molecule has 0 fully saturated rings. The Hall–Kier alpha value is -2.34. The molecule has 0 spiro atoms. The molecule has 0 bridgehead atoms. The van der Waals surface area contributed by atoms with E-state index >= 15 is 0 Å². The standard InChI is InChI=1S/C21H23NO4/c23-18(14-24-15-19-7-4-10-25-19)12-22-9-8-17-11-20(26-21(17)13-22)16-5-2-1-3-6-16/h1-7,10-11,18,23H,8-9,12-15H2. The second-order valence-corrected chi connectivity index (χ2v) is 6.66. The summed E-state index contributed by atoms with van der Waals surface area (Å²) in [6, 6.07) is 16.0. The largest absolute Gasteiger partial charge is 0.467 e. The summed E-state index contributed by atoms with van der Waals surface area (Å²) in [7, 11) is 0. The third kappa shape index (κ3) is 4.07. The van der Waals surface area contributed by atoms with Gasteiger partial charge >= 0.3 is 0 Å². The fourth-order valence-electron chi connectivity index (χ4n) is 3.31. The maximum Gasteiger partial charge on any atom is 0.134 e. The van der Waals surface area contributed by atoms with Gasteiger partial charge in [0.15, 0.2) is 0 Å². The lowest BCUT2D eigenvalue weighted by Gasteiger charge is -2.27. The molecule has 5 heteroatoms. The highest BCUT2D eigenvalue weighted by Gasteiger charge is 2.23. The van der Waals surface area contributed by atoms with Crippen LogP contribution in [-0.4, -0.2) is 35.8 Å². The van der Waals surface area contributed by atoms with Crippen LogP contribution in [0.5, 0.6) is 0 Å². The zero-order valence-corrected chi connectivity index (χ0v) is 14.6. The predicted octanol–water partition coefficient (Wildman–Crippen LogP) is 3.48. The topological polar surface area (TPSA) is 59.0 Å². The molecule has 1 aromatic carbocycles. The molecule has 4 rings (SSSR count). The Morgan fingerprint density at radius 3 is 2.85 bits per heavy atom. The van der Waals surface area contributed by atoms with Gasteiger partial charge in [0.05, 0.1) is 25.5 Å². The lowest BCUT2D eigenvalue weighted by Crippen LogP contribution is -2.38. The maximum absolute atomic E-state index is 10.2. The van der Waals surface area contributed by atoms with E-state index in [0.717, 1.165) is 42.4 Å². The summed E-state index contributed by atoms with van der Waals surface area (Å²) in [6.07, 6.45) is 2.02. The molecule has 136 valence electrons. The average Bonchev–Trinajstić information content (AvgIpc) is 3.31. The van der Waals surface area contributed by atoms with E-state index in [-0.39, 0.29) is 6.61 Å². The van der Waals surface area contributed by atoms with Gasteiger partial charge < -0.3 is 18.7 Å². The predicted molar refractivity (Wildman–Crippen MR) is 97.5 cm³/mol. The van der Waals surface area contributed by atoms with Crippen LogP contribution in [0.2, 0.25) is 0 Å². The van der Waals surface area contributed by atoms with Crippen molar-refractivity contribution < 1.29 is 18.7 Å². The number of furan rings is 2. The lowest BCUT2D eigenvalue weighted by atomic mass is 10.1. The molecule has 0 radical (unpaired) electrons. The van der Waals surface area contributed by atoms with Gasteiger partial charge in [-0.2, -0.15) is 0 Å². The first-order valence-corrected chi connectivity index (χ1v) is 8.95. The van der Waals surface area contributed by atoms with Crippen LogP contribution in [0, 0.1) is 0 Å². The van der Waals surface area contributed by atoms with E-state index in [1.807, 2.05) is 30.3 Å². The number of nitrogens with zero attached hydrogens (tertiary/aromatic N) is 1. The van der Waals surface area contributed by atoms with E-state index < -0.39 is 6.10 Å². The van der Waals surface area contributed by atoms with E-state index in [0.29, 0.717) is 13.2 Å². The van der Waals surface area contributed by atoms with Crippen LogP contribution in [0.4, 0.5) is 0 Å². The monoisotopic (exact) mass is 353 g/mol. The summed E-state index contributed by atoms with van der Waals surface area (Å²) in [5.41, 5.74) is 2.36. The van der Waals surface area contributed by atoms with Crippen molar-refractivity contribution in [2.75, 3.05) is 19.7 Å². The highest BCUT2D eigenvalue weighted by molar-refractivity contribution is 5.58. The van der Waals surface area contributed by atoms with Crippen LogP contribution < -0.4 is 0 Å². The summed E-state index contributed by atoms with van der Waals surface area (Å²) in [5.74, 6) is 2.68. The van der Waals surface area contributed by atoms with Crippen LogP contribution in [0.1, 0.15) is 17.1 Å². The van der Waals surface area contributed by atoms with Crippen molar-refractivity contribution in [2.45, 2.75) is 25.7 Å². The van der Waals surface area contributed by atoms with Gasteiger partial charge in [-0.1, -0.05) is 30.3 Å². The van der Waals surface area contributed by atoms with Gasteiger partial charge in [-0.05, 0) is 30.2 Å². The van der Waals surface area contributed by atoms with Gasteiger partial charge in [-0.15, -0.1) is 0 Å². The third-order valence-electron chi connectivity index (χ3n) is 4.62. The Kier molecular flexibility index (Phi) is 5.20. The summed E-state index contributed by atoms with van der Waals surface area (Å²) < 4.78 is 16.8. The fourth-order valence-corrected chi connectivity index (χ4v) is 3.31. The molecule has 0 amide bonds. The highest BCUT2D eigenvalue weighted by Crippen LogP contribution is 2.29. The lowest BCUT2D eigenvalue weighted by molar-refractivity contribution is 0.00209. The summed E-state index contributed by atoms with van der Waals surface area (Å²) >= 11 is 0. The zero-order valence-electron chi connectivity index (χ0n) is 14.6. The van der Waals surface area contributed by atoms with Crippen molar-refractivity contribution in [3.8, 4) is 11.3 Å². The number of fused-ring (bicyclic) bond motifs is 1. The zero-order chi connectivity index (χ0) is 17.8. The molecule has 26 heavy (non-hydrogen) atoms. The van der Waals surface area contributed by atoms with E-state index in [1.165, 1.54) is 5.56 Å². The first-order chi connectivity index (χ1) is 12.8. The minimum absolute atomic E-state index is 0.289. The molecule has 0 saturated heterocycles. The van der Waals surface area contributed by atoms with Crippen LogP contribution in [-0.2, 0) is 24.3 Å². The van der Waals surface area contributed by atoms with Crippen molar-refractivity contribution in [2.24, 2.45) is 0 Å². The van der Waals surface area contributed by atoms with Crippen molar-refractivity contribution in [1.82, 2.24) is 4.90 Å². The Labute approximate surface area is 152 Å². The number of hydrogen-bond donors (Lipinski definition) is 1. The quantitative estimate of drug-likeness (QED) is 0.705. The Balaban J connectivity index is 1.30. The first kappa shape index (κ1) is 17.1. The number of ether oxygens (including phenoxy) is 1. The Morgan fingerprint density at radius 2 is 2.04 bits per heavy atom. The average molecular weight is 353 g/mol. The molecule has 1 atom stereocenters. The van der Waals surface area contributed by atoms with Gasteiger partial charge in [0.1, 0.15) is 23.9 Å². The smallest absolute Gasteiger partial charge is 0.134 e. The number of benzene rings is 1. The van der Waals surface area contributed by atoms with Gasteiger partial charge in [-0.25, -0.2) is 0 Å². The highest BCUT2D eigenvalue weighted by atomic mass is 16.5. The number of rotatable bonds is 7. The molecule has 1 aliphatic rings. The Bertz CT molecular complexity index is 810. The number of aliphatic hydroxyl groups excluding tert-OH is 1. The van der Waals surface area contributed by atoms with Gasteiger partial charge in [-0.3, -0.25) is 4.90 Å². The van der Waals surface area contributed by atoms with E-state index in [4.69, 9.17) is 13.6 Å². The fraction of sp³-hybridized carbons (Fsp3) is 0.333. The molecule has 1 unspecified atom stereocenters. The second kappa shape index (κ2) is 7.91. The molecule has 2 aromatic heterocycles. The van der Waals surface area contributed by atoms with Crippen molar-refractivity contribution in [1.29, 1.82) is 0 Å². The SMILES string of the molecule is OC(COCc1ccco1)CN1CCc2cc(-c3ccccc3)oc2C1. The number of aliphatic hydroxyl groups is 1. The molecular formula is C21H23NO4. The van der Waals surface area contributed by atoms with Gasteiger partial charge in [0.2, 0.25) is 0 Å². The van der Waals surface area contributed by atoms with E-state index in [1.54, 1.807) is 6.26 Å². The molecule has 0 saturated carbocycles. The van der Waals surface area contributed by atoms with Gasteiger partial charge in [0, 0.05) is 18.7 Å². The Morgan fingerprint density at radius 1 is 1.15 bits per heavy atom. The molecule has 0 aliphatic carbocycles. The molecule has 1 aliphatic heterocycles. The molecule has 5 nitrogen and oxygen atoms in total. The number of hydrogen-bond acceptors (Lipinski definition) is 5. The van der Waals surface area contributed by atoms with Crippen LogP contribution in [0.15, 0.2) is 63.6 Å². The minimum atomic E-state index is -0.532. The molecule has 3 heterocycles. The normalized spacial score (nSPS) is 15.7. The maximum atomic E-state index is 10.2. The first-order valence-electron chi connectivity index (χ1n) is 8.95. The van der Waals surface area contributed by atoms with Crippen LogP contribution in [0.25, 0.3) is 11.3 Å². The van der Waals surface area contributed by atoms with E-state index in [2.05, 4.69) is 23.1 Å². The summed E-state index contributed by atoms with van der Waals surface area (Å²) in [6.45, 7) is 2.87. The molecule has 1 N–H and O–H groups in total. The number of β-amino-alcohol motifs (C(OH)–C–C–N with tert-alkyl or cyclic N) is 1. The van der Waals surface area contributed by atoms with Crippen molar-refractivity contribution >= 4 is 0 Å². The van der Waals surface area contributed by atoms with E-state index in [9.17, 15) is 5.11 Å². The van der Waals surface area contributed by atoms with Gasteiger partial charge in [0.25, 0.3) is 0 Å². The molecular weight excluding hydrogens is 330 g/mol. The summed E-state index contributed by atoms with van der Waals surface area (Å²) in [5, 5.41) is 10.2. The summed E-state index contributed by atoms with van der Waals surface area (Å²) in [4.78, 5) is 2.21. The van der Waals surface area contributed by atoms with Crippen LogP contribution in [0.3, 0.4) is 0 Å².